The molecule has 0 aromatic heterocycles. The van der Waals surface area contributed by atoms with Gasteiger partial charge in [-0.05, 0) is 49.4 Å². The van der Waals surface area contributed by atoms with Crippen molar-refractivity contribution < 1.29 is 0 Å². The van der Waals surface area contributed by atoms with Crippen molar-refractivity contribution in [3.05, 3.63) is 33.8 Å². The second-order valence-corrected chi connectivity index (χ2v) is 6.32. The van der Waals surface area contributed by atoms with Crippen molar-refractivity contribution in [1.29, 1.82) is 0 Å². The number of nitrogens with one attached hydrogen (secondary N) is 1. The van der Waals surface area contributed by atoms with Crippen LogP contribution in [-0.4, -0.2) is 7.05 Å². The molecule has 0 saturated heterocycles. The van der Waals surface area contributed by atoms with E-state index >= 15 is 0 Å². The number of benzene rings is 1. The fourth-order valence-electron chi connectivity index (χ4n) is 2.49. The third-order valence-electron chi connectivity index (χ3n) is 3.20. The normalized spacial score (nSPS) is 14.8. The van der Waals surface area contributed by atoms with Crippen LogP contribution >= 0.6 is 23.2 Å². The Labute approximate surface area is 121 Å². The molecule has 0 aliphatic heterocycles. The molecule has 102 valence electrons. The molecular weight excluding hydrogens is 265 g/mol. The van der Waals surface area contributed by atoms with Crippen molar-refractivity contribution in [2.24, 2.45) is 11.8 Å². The van der Waals surface area contributed by atoms with Crippen LogP contribution in [0.2, 0.25) is 10.0 Å². The minimum absolute atomic E-state index is 0.295. The van der Waals surface area contributed by atoms with Gasteiger partial charge in [0.25, 0.3) is 0 Å². The van der Waals surface area contributed by atoms with E-state index in [-0.39, 0.29) is 0 Å². The zero-order valence-corrected chi connectivity index (χ0v) is 13.1. The summed E-state index contributed by atoms with van der Waals surface area (Å²) in [4.78, 5) is 0. The Morgan fingerprint density at radius 3 is 2.28 bits per heavy atom. The predicted octanol–water partition coefficient (Wildman–Crippen LogP) is 5.33. The van der Waals surface area contributed by atoms with Gasteiger partial charge >= 0.3 is 0 Å². The molecule has 1 N–H and O–H groups in total. The molecule has 0 bridgehead atoms. The minimum atomic E-state index is 0.295. The summed E-state index contributed by atoms with van der Waals surface area (Å²) in [5.74, 6) is 1.41. The van der Waals surface area contributed by atoms with Crippen LogP contribution in [0.5, 0.6) is 0 Å². The fraction of sp³-hybridized carbons (Fsp3) is 0.600. The number of halogens is 2. The van der Waals surface area contributed by atoms with Crippen LogP contribution in [0.15, 0.2) is 18.2 Å². The lowest BCUT2D eigenvalue weighted by Gasteiger charge is -2.23. The maximum atomic E-state index is 6.27. The Hall–Kier alpha value is -0.240. The topological polar surface area (TPSA) is 12.0 Å². The van der Waals surface area contributed by atoms with Crippen LogP contribution in [0.3, 0.4) is 0 Å². The zero-order valence-electron chi connectivity index (χ0n) is 11.6. The third-order valence-corrected chi connectivity index (χ3v) is 3.76. The molecule has 0 amide bonds. The molecule has 1 aromatic carbocycles. The second-order valence-electron chi connectivity index (χ2n) is 5.48. The average molecular weight is 288 g/mol. The summed E-state index contributed by atoms with van der Waals surface area (Å²) >= 11 is 12.2. The van der Waals surface area contributed by atoms with Crippen LogP contribution in [0.25, 0.3) is 0 Å². The lowest BCUT2D eigenvalue weighted by atomic mass is 9.90. The van der Waals surface area contributed by atoms with E-state index in [0.717, 1.165) is 22.9 Å². The van der Waals surface area contributed by atoms with Crippen molar-refractivity contribution in [2.45, 2.75) is 39.7 Å². The molecule has 3 heteroatoms. The predicted molar refractivity (Wildman–Crippen MR) is 81.5 cm³/mol. The van der Waals surface area contributed by atoms with E-state index in [1.165, 1.54) is 6.42 Å². The van der Waals surface area contributed by atoms with Gasteiger partial charge in [0.15, 0.2) is 0 Å². The monoisotopic (exact) mass is 287 g/mol. The van der Waals surface area contributed by atoms with Gasteiger partial charge in [-0.25, -0.2) is 0 Å². The molecular formula is C15H23Cl2N. The summed E-state index contributed by atoms with van der Waals surface area (Å²) in [6.45, 7) is 6.83. The second kappa shape index (κ2) is 7.37. The molecule has 1 nitrogen and oxygen atoms in total. The van der Waals surface area contributed by atoms with Crippen LogP contribution in [0.1, 0.15) is 45.2 Å². The van der Waals surface area contributed by atoms with E-state index in [1.807, 2.05) is 25.2 Å². The van der Waals surface area contributed by atoms with E-state index in [9.17, 15) is 0 Å². The SMILES string of the molecule is CNC(CC(C)CC(C)C)c1ccc(Cl)cc1Cl. The molecule has 1 aromatic rings. The Morgan fingerprint density at radius 2 is 1.78 bits per heavy atom. The van der Waals surface area contributed by atoms with Gasteiger partial charge in [-0.1, -0.05) is 50.0 Å². The maximum Gasteiger partial charge on any atom is 0.0468 e. The molecule has 0 radical (unpaired) electrons. The Balaban J connectivity index is 2.76. The standard InChI is InChI=1S/C15H23Cl2N/c1-10(2)7-11(3)8-15(18-4)13-6-5-12(16)9-14(13)17/h5-6,9-11,15,18H,7-8H2,1-4H3. The van der Waals surface area contributed by atoms with E-state index in [0.29, 0.717) is 17.0 Å². The van der Waals surface area contributed by atoms with Gasteiger partial charge in [-0.3, -0.25) is 0 Å². The highest BCUT2D eigenvalue weighted by molar-refractivity contribution is 6.35. The zero-order chi connectivity index (χ0) is 13.7. The highest BCUT2D eigenvalue weighted by Gasteiger charge is 2.17. The van der Waals surface area contributed by atoms with Gasteiger partial charge in [0.2, 0.25) is 0 Å². The molecule has 18 heavy (non-hydrogen) atoms. The number of rotatable bonds is 6. The summed E-state index contributed by atoms with van der Waals surface area (Å²) in [6.07, 6.45) is 2.33. The van der Waals surface area contributed by atoms with E-state index in [4.69, 9.17) is 23.2 Å². The largest absolute Gasteiger partial charge is 0.313 e. The molecule has 0 spiro atoms. The molecule has 0 saturated carbocycles. The quantitative estimate of drug-likeness (QED) is 0.746. The number of hydrogen-bond acceptors (Lipinski definition) is 1. The van der Waals surface area contributed by atoms with E-state index in [1.54, 1.807) is 0 Å². The first-order valence-electron chi connectivity index (χ1n) is 6.56. The first-order chi connectivity index (χ1) is 8.43. The molecule has 0 aliphatic carbocycles. The van der Waals surface area contributed by atoms with Crippen LogP contribution < -0.4 is 5.32 Å². The van der Waals surface area contributed by atoms with Crippen molar-refractivity contribution in [1.82, 2.24) is 5.32 Å². The van der Waals surface area contributed by atoms with Crippen LogP contribution in [-0.2, 0) is 0 Å². The molecule has 2 unspecified atom stereocenters. The van der Waals surface area contributed by atoms with Gasteiger partial charge in [0.1, 0.15) is 0 Å². The highest BCUT2D eigenvalue weighted by Crippen LogP contribution is 2.31. The van der Waals surface area contributed by atoms with Gasteiger partial charge in [-0.15, -0.1) is 0 Å². The molecule has 0 heterocycles. The Morgan fingerprint density at radius 1 is 1.11 bits per heavy atom. The fourth-order valence-corrected chi connectivity index (χ4v) is 3.03. The molecule has 0 aliphatic rings. The number of hydrogen-bond donors (Lipinski definition) is 1. The van der Waals surface area contributed by atoms with Crippen LogP contribution in [0.4, 0.5) is 0 Å². The van der Waals surface area contributed by atoms with Gasteiger partial charge in [0, 0.05) is 16.1 Å². The summed E-state index contributed by atoms with van der Waals surface area (Å²) in [5.41, 5.74) is 1.14. The average Bonchev–Trinajstić information content (AvgIpc) is 2.25. The Kier molecular flexibility index (Phi) is 6.48. The highest BCUT2D eigenvalue weighted by atomic mass is 35.5. The van der Waals surface area contributed by atoms with Gasteiger partial charge in [0.05, 0.1) is 0 Å². The molecule has 1 rings (SSSR count). The molecule has 2 atom stereocenters. The summed E-state index contributed by atoms with van der Waals surface area (Å²) in [7, 11) is 1.98. The maximum absolute atomic E-state index is 6.27. The lowest BCUT2D eigenvalue weighted by Crippen LogP contribution is -2.20. The lowest BCUT2D eigenvalue weighted by molar-refractivity contribution is 0.366. The van der Waals surface area contributed by atoms with Crippen molar-refractivity contribution in [3.63, 3.8) is 0 Å². The van der Waals surface area contributed by atoms with Gasteiger partial charge < -0.3 is 5.32 Å². The van der Waals surface area contributed by atoms with Gasteiger partial charge in [-0.2, -0.15) is 0 Å². The Bertz CT molecular complexity index is 377. The molecule has 0 fully saturated rings. The summed E-state index contributed by atoms with van der Waals surface area (Å²) in [6, 6.07) is 6.04. The third kappa shape index (κ3) is 4.79. The van der Waals surface area contributed by atoms with Crippen LogP contribution in [0, 0.1) is 11.8 Å². The van der Waals surface area contributed by atoms with Crippen molar-refractivity contribution >= 4 is 23.2 Å². The summed E-state index contributed by atoms with van der Waals surface area (Å²) in [5, 5.41) is 4.79. The van der Waals surface area contributed by atoms with Crippen molar-refractivity contribution in [3.8, 4) is 0 Å². The summed E-state index contributed by atoms with van der Waals surface area (Å²) < 4.78 is 0. The van der Waals surface area contributed by atoms with E-state index < -0.39 is 0 Å². The minimum Gasteiger partial charge on any atom is -0.313 e. The smallest absolute Gasteiger partial charge is 0.0468 e. The van der Waals surface area contributed by atoms with E-state index in [2.05, 4.69) is 26.1 Å². The first-order valence-corrected chi connectivity index (χ1v) is 7.31. The van der Waals surface area contributed by atoms with Crippen molar-refractivity contribution in [2.75, 3.05) is 7.05 Å². The first kappa shape index (κ1) is 15.8.